The van der Waals surface area contributed by atoms with Gasteiger partial charge >= 0.3 is 5.97 Å². The third kappa shape index (κ3) is 3.29. The van der Waals surface area contributed by atoms with Crippen LogP contribution in [0.2, 0.25) is 0 Å². The highest BCUT2D eigenvalue weighted by Crippen LogP contribution is 2.42. The maximum absolute atomic E-state index is 13.1. The molecule has 0 unspecified atom stereocenters. The molecule has 4 rings (SSSR count). The highest BCUT2D eigenvalue weighted by molar-refractivity contribution is 5.99. The number of ether oxygens (including phenoxy) is 2. The summed E-state index contributed by atoms with van der Waals surface area (Å²) in [5, 5.41) is 0. The predicted octanol–water partition coefficient (Wildman–Crippen LogP) is 4.36. The predicted molar refractivity (Wildman–Crippen MR) is 108 cm³/mol. The molecule has 0 amide bonds. The summed E-state index contributed by atoms with van der Waals surface area (Å²) in [7, 11) is 1.39. The first-order chi connectivity index (χ1) is 13.7. The molecule has 0 saturated carbocycles. The second kappa shape index (κ2) is 7.69. The second-order valence-corrected chi connectivity index (χ2v) is 6.76. The molecule has 0 aromatic heterocycles. The number of carbonyl (C=O) groups is 1. The van der Waals surface area contributed by atoms with Crippen molar-refractivity contribution in [3.63, 3.8) is 0 Å². The molecule has 28 heavy (non-hydrogen) atoms. The molecule has 0 spiro atoms. The van der Waals surface area contributed by atoms with Crippen LogP contribution in [0.5, 0.6) is 0 Å². The van der Waals surface area contributed by atoms with Crippen LogP contribution < -0.4 is 0 Å². The van der Waals surface area contributed by atoms with E-state index >= 15 is 0 Å². The molecule has 0 radical (unpaired) electrons. The molecule has 140 valence electrons. The summed E-state index contributed by atoms with van der Waals surface area (Å²) < 4.78 is 11.5. The van der Waals surface area contributed by atoms with Gasteiger partial charge in [0, 0.05) is 12.0 Å². The molecule has 0 aliphatic carbocycles. The molecule has 4 nitrogen and oxygen atoms in total. The molecule has 0 fully saturated rings. The molecule has 1 aliphatic rings. The maximum Gasteiger partial charge on any atom is 0.353 e. The van der Waals surface area contributed by atoms with Crippen LogP contribution in [0.4, 0.5) is 0 Å². The Bertz CT molecular complexity index is 971. The molecule has 1 heterocycles. The Morgan fingerprint density at radius 2 is 1.50 bits per heavy atom. The summed E-state index contributed by atoms with van der Waals surface area (Å²) in [6.07, 6.45) is 0.361. The first kappa shape index (κ1) is 18.0. The SMILES string of the molecule is COC(=O)[C@@]1(Cc2ccccc2)OC(c2ccccc2)=N[C@H]1c1ccccc1. The largest absolute Gasteiger partial charge is 0.466 e. The van der Waals surface area contributed by atoms with Crippen molar-refractivity contribution in [3.05, 3.63) is 108 Å². The van der Waals surface area contributed by atoms with Crippen molar-refractivity contribution in [2.24, 2.45) is 4.99 Å². The Hall–Kier alpha value is -3.40. The van der Waals surface area contributed by atoms with E-state index in [9.17, 15) is 4.79 Å². The van der Waals surface area contributed by atoms with Crippen LogP contribution in [0.25, 0.3) is 0 Å². The average molecular weight is 371 g/mol. The van der Waals surface area contributed by atoms with E-state index < -0.39 is 17.6 Å². The summed E-state index contributed by atoms with van der Waals surface area (Å²) in [5.41, 5.74) is 1.47. The monoisotopic (exact) mass is 371 g/mol. The lowest BCUT2D eigenvalue weighted by Gasteiger charge is -2.31. The van der Waals surface area contributed by atoms with Crippen LogP contribution in [0.15, 0.2) is 96.0 Å². The van der Waals surface area contributed by atoms with Gasteiger partial charge in [-0.3, -0.25) is 0 Å². The van der Waals surface area contributed by atoms with Gasteiger partial charge in [0.25, 0.3) is 0 Å². The van der Waals surface area contributed by atoms with E-state index in [0.717, 1.165) is 16.7 Å². The van der Waals surface area contributed by atoms with E-state index in [0.29, 0.717) is 12.3 Å². The minimum absolute atomic E-state index is 0.361. The number of aliphatic imine (C=N–C) groups is 1. The van der Waals surface area contributed by atoms with Gasteiger partial charge in [-0.05, 0) is 23.3 Å². The Kier molecular flexibility index (Phi) is 4.94. The molecule has 0 bridgehead atoms. The fraction of sp³-hybridized carbons (Fsp3) is 0.167. The van der Waals surface area contributed by atoms with Crippen LogP contribution in [-0.2, 0) is 20.7 Å². The van der Waals surface area contributed by atoms with Gasteiger partial charge in [0.1, 0.15) is 6.04 Å². The van der Waals surface area contributed by atoms with Crippen LogP contribution in [0.1, 0.15) is 22.7 Å². The summed E-state index contributed by atoms with van der Waals surface area (Å²) >= 11 is 0. The maximum atomic E-state index is 13.1. The highest BCUT2D eigenvalue weighted by Gasteiger charge is 2.55. The second-order valence-electron chi connectivity index (χ2n) is 6.76. The van der Waals surface area contributed by atoms with E-state index in [1.165, 1.54) is 7.11 Å². The Morgan fingerprint density at radius 1 is 0.929 bits per heavy atom. The van der Waals surface area contributed by atoms with E-state index in [1.54, 1.807) is 0 Å². The first-order valence-corrected chi connectivity index (χ1v) is 9.22. The molecule has 4 heteroatoms. The highest BCUT2D eigenvalue weighted by atomic mass is 16.6. The Morgan fingerprint density at radius 3 is 2.11 bits per heavy atom. The number of carbonyl (C=O) groups excluding carboxylic acids is 1. The molecule has 1 aliphatic heterocycles. The van der Waals surface area contributed by atoms with Crippen LogP contribution >= 0.6 is 0 Å². The smallest absolute Gasteiger partial charge is 0.353 e. The summed E-state index contributed by atoms with van der Waals surface area (Å²) in [6.45, 7) is 0. The standard InChI is InChI=1S/C24H21NO3/c1-27-23(26)24(17-18-11-5-2-6-12-18)21(19-13-7-3-8-14-19)25-22(28-24)20-15-9-4-10-16-20/h2-16,21H,17H2,1H3/t21-,24-/m0/s1. The summed E-state index contributed by atoms with van der Waals surface area (Å²) in [5.74, 6) is 0.0238. The van der Waals surface area contributed by atoms with Crippen LogP contribution in [-0.4, -0.2) is 24.6 Å². The minimum Gasteiger partial charge on any atom is -0.466 e. The van der Waals surface area contributed by atoms with Crippen LogP contribution in [0, 0.1) is 0 Å². The Balaban J connectivity index is 1.83. The van der Waals surface area contributed by atoms with Crippen molar-refractivity contribution in [2.75, 3.05) is 7.11 Å². The van der Waals surface area contributed by atoms with Gasteiger partial charge in [-0.25, -0.2) is 9.79 Å². The number of hydrogen-bond donors (Lipinski definition) is 0. The van der Waals surface area contributed by atoms with Crippen molar-refractivity contribution < 1.29 is 14.3 Å². The summed E-state index contributed by atoms with van der Waals surface area (Å²) in [6, 6.07) is 28.7. The third-order valence-electron chi connectivity index (χ3n) is 4.94. The number of hydrogen-bond acceptors (Lipinski definition) is 4. The van der Waals surface area contributed by atoms with Gasteiger partial charge in [-0.2, -0.15) is 0 Å². The van der Waals surface area contributed by atoms with E-state index in [4.69, 9.17) is 14.5 Å². The van der Waals surface area contributed by atoms with Gasteiger partial charge in [0.05, 0.1) is 7.11 Å². The lowest BCUT2D eigenvalue weighted by atomic mass is 9.84. The van der Waals surface area contributed by atoms with Gasteiger partial charge < -0.3 is 9.47 Å². The molecule has 0 saturated heterocycles. The topological polar surface area (TPSA) is 47.9 Å². The average Bonchev–Trinajstić information content (AvgIpc) is 3.15. The molecule has 0 N–H and O–H groups in total. The van der Waals surface area contributed by atoms with E-state index in [1.807, 2.05) is 91.0 Å². The fourth-order valence-corrected chi connectivity index (χ4v) is 3.60. The zero-order chi connectivity index (χ0) is 19.4. The third-order valence-corrected chi connectivity index (χ3v) is 4.94. The van der Waals surface area contributed by atoms with Crippen molar-refractivity contribution in [3.8, 4) is 0 Å². The van der Waals surface area contributed by atoms with Crippen molar-refractivity contribution in [1.82, 2.24) is 0 Å². The quantitative estimate of drug-likeness (QED) is 0.626. The number of esters is 1. The lowest BCUT2D eigenvalue weighted by molar-refractivity contribution is -0.160. The van der Waals surface area contributed by atoms with Gasteiger partial charge in [-0.15, -0.1) is 0 Å². The number of methoxy groups -OCH3 is 1. The molecule has 2 atom stereocenters. The first-order valence-electron chi connectivity index (χ1n) is 9.22. The number of nitrogens with zero attached hydrogens (tertiary/aromatic N) is 1. The van der Waals surface area contributed by atoms with Crippen molar-refractivity contribution >= 4 is 11.9 Å². The van der Waals surface area contributed by atoms with Crippen LogP contribution in [0.3, 0.4) is 0 Å². The van der Waals surface area contributed by atoms with Crippen molar-refractivity contribution in [1.29, 1.82) is 0 Å². The molecular weight excluding hydrogens is 350 g/mol. The lowest BCUT2D eigenvalue weighted by Crippen LogP contribution is -2.47. The zero-order valence-electron chi connectivity index (χ0n) is 15.6. The van der Waals surface area contributed by atoms with Gasteiger partial charge in [0.15, 0.2) is 0 Å². The fourth-order valence-electron chi connectivity index (χ4n) is 3.60. The van der Waals surface area contributed by atoms with Crippen molar-refractivity contribution in [2.45, 2.75) is 18.1 Å². The zero-order valence-corrected chi connectivity index (χ0v) is 15.6. The normalized spacial score (nSPS) is 20.9. The number of rotatable bonds is 5. The Labute approximate surface area is 164 Å². The van der Waals surface area contributed by atoms with E-state index in [2.05, 4.69) is 0 Å². The molecular formula is C24H21NO3. The summed E-state index contributed by atoms with van der Waals surface area (Å²) in [4.78, 5) is 17.9. The molecule has 3 aromatic carbocycles. The minimum atomic E-state index is -1.26. The van der Waals surface area contributed by atoms with Gasteiger partial charge in [0.2, 0.25) is 11.5 Å². The number of benzene rings is 3. The van der Waals surface area contributed by atoms with Gasteiger partial charge in [-0.1, -0.05) is 78.9 Å². The van der Waals surface area contributed by atoms with E-state index in [-0.39, 0.29) is 0 Å². The molecule has 3 aromatic rings.